The second kappa shape index (κ2) is 6.76. The fraction of sp³-hybridized carbons (Fsp3) is 0.231. The quantitative estimate of drug-likeness (QED) is 0.496. The van der Waals surface area contributed by atoms with Gasteiger partial charge in [0.1, 0.15) is 10.6 Å². The first-order valence-corrected chi connectivity index (χ1v) is 5.97. The lowest BCUT2D eigenvalue weighted by atomic mass is 10.2. The Morgan fingerprint density at radius 3 is 2.50 bits per heavy atom. The van der Waals surface area contributed by atoms with Crippen LogP contribution in [0.5, 0.6) is 0 Å². The van der Waals surface area contributed by atoms with Gasteiger partial charge in [0, 0.05) is 11.4 Å². The van der Waals surface area contributed by atoms with Crippen molar-refractivity contribution >= 4 is 28.9 Å². The Morgan fingerprint density at radius 2 is 2.00 bits per heavy atom. The average molecular weight is 264 g/mol. The Morgan fingerprint density at radius 1 is 1.39 bits per heavy atom. The lowest BCUT2D eigenvalue weighted by Gasteiger charge is -2.12. The van der Waals surface area contributed by atoms with E-state index in [1.807, 2.05) is 30.3 Å². The molecule has 0 aromatic heterocycles. The van der Waals surface area contributed by atoms with E-state index >= 15 is 0 Å². The van der Waals surface area contributed by atoms with E-state index in [0.29, 0.717) is 5.70 Å². The Kier molecular flexibility index (Phi) is 5.32. The molecule has 1 aromatic carbocycles. The summed E-state index contributed by atoms with van der Waals surface area (Å²) in [5.74, 6) is -0.508. The van der Waals surface area contributed by atoms with Crippen molar-refractivity contribution in [2.45, 2.75) is 13.8 Å². The predicted octanol–water partition coefficient (Wildman–Crippen LogP) is 2.22. The fourth-order valence-corrected chi connectivity index (χ4v) is 1.71. The molecule has 18 heavy (non-hydrogen) atoms. The SMILES string of the molecule is CCOC(=O)/C(C(=S)Nc1ccccc1)=C(\C)N. The van der Waals surface area contributed by atoms with Gasteiger partial charge in [-0.2, -0.15) is 0 Å². The fourth-order valence-electron chi connectivity index (χ4n) is 1.35. The summed E-state index contributed by atoms with van der Waals surface area (Å²) in [6.07, 6.45) is 0. The van der Waals surface area contributed by atoms with Crippen LogP contribution in [0, 0.1) is 0 Å². The molecule has 0 saturated heterocycles. The first-order valence-electron chi connectivity index (χ1n) is 5.56. The summed E-state index contributed by atoms with van der Waals surface area (Å²) in [5.41, 5.74) is 7.01. The molecule has 0 atom stereocenters. The largest absolute Gasteiger partial charge is 0.462 e. The summed E-state index contributed by atoms with van der Waals surface area (Å²) in [6.45, 7) is 3.63. The molecule has 0 saturated carbocycles. The summed E-state index contributed by atoms with van der Waals surface area (Å²) < 4.78 is 4.92. The van der Waals surface area contributed by atoms with E-state index in [1.165, 1.54) is 0 Å². The standard InChI is InChI=1S/C13H16N2O2S/c1-3-17-13(16)11(9(2)14)12(18)15-10-7-5-4-6-8-10/h4-8H,3,14H2,1-2H3,(H,15,18)/b11-9+. The van der Waals surface area contributed by atoms with Crippen LogP contribution in [-0.2, 0) is 9.53 Å². The monoisotopic (exact) mass is 264 g/mol. The van der Waals surface area contributed by atoms with Gasteiger partial charge in [-0.25, -0.2) is 4.79 Å². The second-order valence-corrected chi connectivity index (χ2v) is 4.01. The van der Waals surface area contributed by atoms with Crippen molar-refractivity contribution in [3.05, 3.63) is 41.6 Å². The summed E-state index contributed by atoms with van der Waals surface area (Å²) in [4.78, 5) is 12.0. The number of nitrogens with two attached hydrogens (primary N) is 1. The van der Waals surface area contributed by atoms with Gasteiger partial charge < -0.3 is 15.8 Å². The minimum absolute atomic E-state index is 0.204. The average Bonchev–Trinajstić information content (AvgIpc) is 2.30. The van der Waals surface area contributed by atoms with E-state index < -0.39 is 5.97 Å². The number of anilines is 1. The number of hydrogen-bond acceptors (Lipinski definition) is 4. The van der Waals surface area contributed by atoms with E-state index in [9.17, 15) is 4.79 Å². The zero-order chi connectivity index (χ0) is 13.5. The van der Waals surface area contributed by atoms with Crippen molar-refractivity contribution in [2.24, 2.45) is 5.73 Å². The van der Waals surface area contributed by atoms with Crippen LogP contribution in [0.1, 0.15) is 13.8 Å². The molecular formula is C13H16N2O2S. The molecular weight excluding hydrogens is 248 g/mol. The van der Waals surface area contributed by atoms with Gasteiger partial charge in [-0.1, -0.05) is 30.4 Å². The number of para-hydroxylation sites is 1. The number of allylic oxidation sites excluding steroid dienone is 1. The molecule has 0 aliphatic rings. The van der Waals surface area contributed by atoms with Gasteiger partial charge in [-0.3, -0.25) is 0 Å². The maximum Gasteiger partial charge on any atom is 0.342 e. The number of carbonyl (C=O) groups excluding carboxylic acids is 1. The molecule has 1 rings (SSSR count). The first kappa shape index (κ1) is 14.2. The number of rotatable bonds is 4. The number of carbonyl (C=O) groups is 1. The molecule has 4 nitrogen and oxygen atoms in total. The smallest absolute Gasteiger partial charge is 0.342 e. The van der Waals surface area contributed by atoms with Crippen molar-refractivity contribution in [2.75, 3.05) is 11.9 Å². The molecule has 0 bridgehead atoms. The van der Waals surface area contributed by atoms with Crippen molar-refractivity contribution < 1.29 is 9.53 Å². The lowest BCUT2D eigenvalue weighted by molar-refractivity contribution is -0.137. The van der Waals surface area contributed by atoms with Gasteiger partial charge in [0.2, 0.25) is 0 Å². The van der Waals surface area contributed by atoms with Crippen LogP contribution in [-0.4, -0.2) is 17.6 Å². The summed E-state index contributed by atoms with van der Waals surface area (Å²) in [7, 11) is 0. The highest BCUT2D eigenvalue weighted by molar-refractivity contribution is 7.81. The maximum atomic E-state index is 11.7. The third kappa shape index (κ3) is 3.85. The lowest BCUT2D eigenvalue weighted by Crippen LogP contribution is -2.24. The van der Waals surface area contributed by atoms with Gasteiger partial charge in [-0.15, -0.1) is 0 Å². The minimum Gasteiger partial charge on any atom is -0.462 e. The minimum atomic E-state index is -0.508. The van der Waals surface area contributed by atoms with Gasteiger partial charge in [0.05, 0.1) is 6.61 Å². The topological polar surface area (TPSA) is 64.3 Å². The molecule has 0 amide bonds. The Bertz CT molecular complexity index is 465. The molecule has 1 aromatic rings. The van der Waals surface area contributed by atoms with Crippen molar-refractivity contribution in [1.29, 1.82) is 0 Å². The highest BCUT2D eigenvalue weighted by Gasteiger charge is 2.18. The zero-order valence-corrected chi connectivity index (χ0v) is 11.2. The van der Waals surface area contributed by atoms with Crippen molar-refractivity contribution in [3.63, 3.8) is 0 Å². The molecule has 0 radical (unpaired) electrons. The van der Waals surface area contributed by atoms with Crippen LogP contribution in [0.4, 0.5) is 5.69 Å². The molecule has 0 unspecified atom stereocenters. The summed E-state index contributed by atoms with van der Waals surface area (Å²) in [6, 6.07) is 9.33. The van der Waals surface area contributed by atoms with E-state index in [2.05, 4.69) is 5.32 Å². The number of esters is 1. The van der Waals surface area contributed by atoms with Crippen LogP contribution in [0.25, 0.3) is 0 Å². The zero-order valence-electron chi connectivity index (χ0n) is 10.4. The number of ether oxygens (including phenoxy) is 1. The second-order valence-electron chi connectivity index (χ2n) is 3.60. The van der Waals surface area contributed by atoms with Gasteiger partial charge >= 0.3 is 5.97 Å². The van der Waals surface area contributed by atoms with Gasteiger partial charge in [0.25, 0.3) is 0 Å². The number of nitrogens with one attached hydrogen (secondary N) is 1. The molecule has 0 heterocycles. The normalized spacial score (nSPS) is 11.4. The van der Waals surface area contributed by atoms with E-state index in [0.717, 1.165) is 5.69 Å². The number of benzene rings is 1. The molecule has 5 heteroatoms. The van der Waals surface area contributed by atoms with E-state index in [1.54, 1.807) is 13.8 Å². The first-order chi connectivity index (χ1) is 8.56. The van der Waals surface area contributed by atoms with Crippen LogP contribution < -0.4 is 11.1 Å². The molecule has 0 aliphatic carbocycles. The van der Waals surface area contributed by atoms with Crippen LogP contribution in [0.2, 0.25) is 0 Å². The van der Waals surface area contributed by atoms with Crippen molar-refractivity contribution in [3.8, 4) is 0 Å². The third-order valence-electron chi connectivity index (χ3n) is 2.13. The molecule has 0 fully saturated rings. The number of thiocarbonyl (C=S) groups is 1. The van der Waals surface area contributed by atoms with Crippen molar-refractivity contribution in [1.82, 2.24) is 0 Å². The highest BCUT2D eigenvalue weighted by atomic mass is 32.1. The van der Waals surface area contributed by atoms with E-state index in [4.69, 9.17) is 22.7 Å². The Balaban J connectivity index is 2.86. The molecule has 0 spiro atoms. The van der Waals surface area contributed by atoms with Gasteiger partial charge in [-0.05, 0) is 26.0 Å². The highest BCUT2D eigenvalue weighted by Crippen LogP contribution is 2.11. The maximum absolute atomic E-state index is 11.7. The van der Waals surface area contributed by atoms with Crippen LogP contribution >= 0.6 is 12.2 Å². The summed E-state index contributed by atoms with van der Waals surface area (Å²) in [5, 5.41) is 2.96. The van der Waals surface area contributed by atoms with E-state index in [-0.39, 0.29) is 17.2 Å². The van der Waals surface area contributed by atoms with Crippen LogP contribution in [0.3, 0.4) is 0 Å². The molecule has 0 aliphatic heterocycles. The Labute approximate surface area is 112 Å². The summed E-state index contributed by atoms with van der Waals surface area (Å²) >= 11 is 5.17. The molecule has 3 N–H and O–H groups in total. The Hall–Kier alpha value is -1.88. The van der Waals surface area contributed by atoms with Gasteiger partial charge in [0.15, 0.2) is 0 Å². The third-order valence-corrected chi connectivity index (χ3v) is 2.44. The molecule has 96 valence electrons. The predicted molar refractivity (Wildman–Crippen MR) is 76.2 cm³/mol. The van der Waals surface area contributed by atoms with Crippen LogP contribution in [0.15, 0.2) is 41.6 Å². The number of hydrogen-bond donors (Lipinski definition) is 2.